The number of fused-ring (bicyclic) bond motifs is 1. The quantitative estimate of drug-likeness (QED) is 0.411. The summed E-state index contributed by atoms with van der Waals surface area (Å²) in [5.41, 5.74) is 4.38. The summed E-state index contributed by atoms with van der Waals surface area (Å²) in [5, 5.41) is 1.12. The van der Waals surface area contributed by atoms with E-state index in [2.05, 4.69) is 35.0 Å². The van der Waals surface area contributed by atoms with Crippen LogP contribution in [0.15, 0.2) is 85.1 Å². The van der Waals surface area contributed by atoms with E-state index in [0.29, 0.717) is 32.7 Å². The number of hydrogen-bond acceptors (Lipinski definition) is 2. The molecule has 0 saturated carbocycles. The van der Waals surface area contributed by atoms with Crippen molar-refractivity contribution in [3.8, 4) is 0 Å². The van der Waals surface area contributed by atoms with Crippen LogP contribution in [-0.2, 0) is 16.1 Å². The van der Waals surface area contributed by atoms with Gasteiger partial charge in [0, 0.05) is 49.1 Å². The molecule has 33 heavy (non-hydrogen) atoms. The van der Waals surface area contributed by atoms with Gasteiger partial charge in [-0.05, 0) is 34.9 Å². The Hall–Kier alpha value is -3.44. The van der Waals surface area contributed by atoms with Crippen molar-refractivity contribution in [2.75, 3.05) is 26.3 Å². The first kappa shape index (κ1) is 21.4. The highest BCUT2D eigenvalue weighted by molar-refractivity contribution is 5.87. The summed E-state index contributed by atoms with van der Waals surface area (Å²) in [7, 11) is 0. The Morgan fingerprint density at radius 2 is 1.61 bits per heavy atom. The van der Waals surface area contributed by atoms with Gasteiger partial charge in [-0.25, -0.2) is 4.39 Å². The van der Waals surface area contributed by atoms with Crippen molar-refractivity contribution in [2.24, 2.45) is 0 Å². The standard InChI is InChI=1S/C28H27FN2O2/c29-23-12-10-22(11-13-23)25(18-28(32)30-14-16-33-17-15-30)26-20-31(19-21-6-2-1-3-7-21)27-9-5-4-8-24(26)27/h1-13,20,25H,14-19H2/t25-/m1/s1. The summed E-state index contributed by atoms with van der Waals surface area (Å²) in [6.07, 6.45) is 2.50. The maximum absolute atomic E-state index is 13.7. The highest BCUT2D eigenvalue weighted by atomic mass is 19.1. The van der Waals surface area contributed by atoms with Crippen molar-refractivity contribution < 1.29 is 13.9 Å². The van der Waals surface area contributed by atoms with E-state index >= 15 is 0 Å². The lowest BCUT2D eigenvalue weighted by Gasteiger charge is -2.28. The first-order chi connectivity index (χ1) is 16.2. The van der Waals surface area contributed by atoms with E-state index in [-0.39, 0.29) is 17.6 Å². The van der Waals surface area contributed by atoms with Crippen LogP contribution in [0.25, 0.3) is 10.9 Å². The molecule has 1 amide bonds. The number of para-hydroxylation sites is 1. The van der Waals surface area contributed by atoms with Gasteiger partial charge >= 0.3 is 0 Å². The largest absolute Gasteiger partial charge is 0.378 e. The molecule has 1 aliphatic rings. The second-order valence-electron chi connectivity index (χ2n) is 8.52. The van der Waals surface area contributed by atoms with Crippen molar-refractivity contribution >= 4 is 16.8 Å². The maximum atomic E-state index is 13.7. The van der Waals surface area contributed by atoms with Crippen molar-refractivity contribution in [1.29, 1.82) is 0 Å². The van der Waals surface area contributed by atoms with Crippen LogP contribution in [0.5, 0.6) is 0 Å². The number of amides is 1. The molecular weight excluding hydrogens is 415 g/mol. The lowest BCUT2D eigenvalue weighted by atomic mass is 9.87. The Morgan fingerprint density at radius 3 is 2.36 bits per heavy atom. The van der Waals surface area contributed by atoms with E-state index in [0.717, 1.165) is 28.6 Å². The number of halogens is 1. The third kappa shape index (κ3) is 4.69. The molecule has 2 heterocycles. The fourth-order valence-corrected chi connectivity index (χ4v) is 4.68. The normalized spacial score (nSPS) is 15.0. The van der Waals surface area contributed by atoms with E-state index in [1.54, 1.807) is 12.1 Å². The highest BCUT2D eigenvalue weighted by Crippen LogP contribution is 2.35. The summed E-state index contributed by atoms with van der Waals surface area (Å²) in [5.74, 6) is -0.334. The molecule has 0 unspecified atom stereocenters. The molecule has 0 spiro atoms. The summed E-state index contributed by atoms with van der Waals surface area (Å²) >= 11 is 0. The van der Waals surface area contributed by atoms with Gasteiger partial charge in [-0.1, -0.05) is 60.7 Å². The fourth-order valence-electron chi connectivity index (χ4n) is 4.68. The van der Waals surface area contributed by atoms with Crippen molar-refractivity contribution in [2.45, 2.75) is 18.9 Å². The van der Waals surface area contributed by atoms with Gasteiger partial charge in [0.05, 0.1) is 13.2 Å². The van der Waals surface area contributed by atoms with Gasteiger partial charge in [0.25, 0.3) is 0 Å². The number of benzene rings is 3. The zero-order valence-electron chi connectivity index (χ0n) is 18.5. The van der Waals surface area contributed by atoms with Gasteiger partial charge in [0.15, 0.2) is 0 Å². The van der Waals surface area contributed by atoms with Crippen LogP contribution in [0.3, 0.4) is 0 Å². The highest BCUT2D eigenvalue weighted by Gasteiger charge is 2.26. The molecule has 1 aromatic heterocycles. The molecule has 0 aliphatic carbocycles. The molecule has 3 aromatic carbocycles. The van der Waals surface area contributed by atoms with Crippen molar-refractivity contribution in [1.82, 2.24) is 9.47 Å². The molecule has 168 valence electrons. The summed E-state index contributed by atoms with van der Waals surface area (Å²) in [6, 6.07) is 25.2. The number of carbonyl (C=O) groups is 1. The molecule has 1 aliphatic heterocycles. The van der Waals surface area contributed by atoms with Crippen LogP contribution in [0.2, 0.25) is 0 Å². The Morgan fingerprint density at radius 1 is 0.909 bits per heavy atom. The van der Waals surface area contributed by atoms with Crippen LogP contribution < -0.4 is 0 Å². The molecule has 5 heteroatoms. The van der Waals surface area contributed by atoms with Crippen molar-refractivity contribution in [3.63, 3.8) is 0 Å². The number of hydrogen-bond donors (Lipinski definition) is 0. The lowest BCUT2D eigenvalue weighted by Crippen LogP contribution is -2.41. The second kappa shape index (κ2) is 9.59. The van der Waals surface area contributed by atoms with Crippen LogP contribution in [0, 0.1) is 5.82 Å². The predicted octanol–water partition coefficient (Wildman–Crippen LogP) is 5.21. The average Bonchev–Trinajstić information content (AvgIpc) is 3.22. The third-order valence-corrected chi connectivity index (χ3v) is 6.41. The van der Waals surface area contributed by atoms with Gasteiger partial charge < -0.3 is 14.2 Å². The number of ether oxygens (including phenoxy) is 1. The second-order valence-corrected chi connectivity index (χ2v) is 8.52. The van der Waals surface area contributed by atoms with Crippen LogP contribution >= 0.6 is 0 Å². The first-order valence-electron chi connectivity index (χ1n) is 11.4. The number of morpholine rings is 1. The van der Waals surface area contributed by atoms with Crippen LogP contribution in [-0.4, -0.2) is 41.7 Å². The van der Waals surface area contributed by atoms with Crippen LogP contribution in [0.4, 0.5) is 4.39 Å². The molecular formula is C28H27FN2O2. The number of rotatable bonds is 6. The summed E-state index contributed by atoms with van der Waals surface area (Å²) in [6.45, 7) is 3.12. The minimum Gasteiger partial charge on any atom is -0.378 e. The molecule has 4 nitrogen and oxygen atoms in total. The van der Waals surface area contributed by atoms with E-state index < -0.39 is 0 Å². The van der Waals surface area contributed by atoms with Gasteiger partial charge in [-0.2, -0.15) is 0 Å². The predicted molar refractivity (Wildman–Crippen MR) is 128 cm³/mol. The first-order valence-corrected chi connectivity index (χ1v) is 11.4. The van der Waals surface area contributed by atoms with Gasteiger partial charge in [0.2, 0.25) is 5.91 Å². The Balaban J connectivity index is 1.56. The monoisotopic (exact) mass is 442 g/mol. The van der Waals surface area contributed by atoms with Gasteiger partial charge in [0.1, 0.15) is 5.82 Å². The molecule has 0 radical (unpaired) electrons. The molecule has 0 bridgehead atoms. The fraction of sp³-hybridized carbons (Fsp3) is 0.250. The smallest absolute Gasteiger partial charge is 0.223 e. The molecule has 1 saturated heterocycles. The van der Waals surface area contributed by atoms with E-state index in [4.69, 9.17) is 4.74 Å². The Kier molecular flexibility index (Phi) is 6.22. The van der Waals surface area contributed by atoms with Gasteiger partial charge in [-0.3, -0.25) is 4.79 Å². The number of carbonyl (C=O) groups excluding carboxylic acids is 1. The Bertz CT molecular complexity index is 1230. The van der Waals surface area contributed by atoms with E-state index in [1.165, 1.54) is 17.7 Å². The Labute approximate surface area is 193 Å². The molecule has 4 aromatic rings. The number of nitrogens with zero attached hydrogens (tertiary/aromatic N) is 2. The van der Waals surface area contributed by atoms with E-state index in [1.807, 2.05) is 35.2 Å². The van der Waals surface area contributed by atoms with Crippen LogP contribution in [0.1, 0.15) is 29.0 Å². The minimum atomic E-state index is -0.275. The maximum Gasteiger partial charge on any atom is 0.223 e. The summed E-state index contributed by atoms with van der Waals surface area (Å²) in [4.78, 5) is 15.1. The zero-order chi connectivity index (χ0) is 22.6. The molecule has 1 atom stereocenters. The molecule has 1 fully saturated rings. The van der Waals surface area contributed by atoms with Gasteiger partial charge in [-0.15, -0.1) is 0 Å². The molecule has 5 rings (SSSR count). The minimum absolute atomic E-state index is 0.104. The van der Waals surface area contributed by atoms with Crippen molar-refractivity contribution in [3.05, 3.63) is 108 Å². The summed E-state index contributed by atoms with van der Waals surface area (Å²) < 4.78 is 21.4. The SMILES string of the molecule is O=C(C[C@H](c1ccc(F)cc1)c1cn(Cc2ccccc2)c2ccccc12)N1CCOCC1. The third-order valence-electron chi connectivity index (χ3n) is 6.41. The average molecular weight is 443 g/mol. The zero-order valence-corrected chi connectivity index (χ0v) is 18.5. The lowest BCUT2D eigenvalue weighted by molar-refractivity contribution is -0.135. The number of aromatic nitrogens is 1. The van der Waals surface area contributed by atoms with E-state index in [9.17, 15) is 9.18 Å². The molecule has 0 N–H and O–H groups in total. The topological polar surface area (TPSA) is 34.5 Å².